The van der Waals surface area contributed by atoms with E-state index in [9.17, 15) is 0 Å². The second-order valence-electron chi connectivity index (χ2n) is 3.10. The number of rotatable bonds is 1. The summed E-state index contributed by atoms with van der Waals surface area (Å²) in [6.45, 7) is 1.06. The van der Waals surface area contributed by atoms with Gasteiger partial charge in [-0.1, -0.05) is 0 Å². The number of hydrogen-bond acceptors (Lipinski definition) is 4. The molecule has 0 saturated carbocycles. The lowest BCUT2D eigenvalue weighted by molar-refractivity contribution is 0.595. The Morgan fingerprint density at radius 3 is 3.00 bits per heavy atom. The van der Waals surface area contributed by atoms with E-state index in [0.29, 0.717) is 12.0 Å². The Morgan fingerprint density at radius 1 is 1.67 bits per heavy atom. The zero-order chi connectivity index (χ0) is 8.55. The van der Waals surface area contributed by atoms with Crippen molar-refractivity contribution < 1.29 is 0 Å². The van der Waals surface area contributed by atoms with Crippen LogP contribution in [0.5, 0.6) is 0 Å². The lowest BCUT2D eigenvalue weighted by atomic mass is 10.2. The third-order valence-corrected chi connectivity index (χ3v) is 2.19. The van der Waals surface area contributed by atoms with Crippen LogP contribution in [0.15, 0.2) is 0 Å². The molecule has 2 heterocycles. The average molecular weight is 167 g/mol. The largest absolute Gasteiger partial charge is 0.368 e. The fourth-order valence-corrected chi connectivity index (χ4v) is 1.47. The van der Waals surface area contributed by atoms with Gasteiger partial charge in [0.25, 0.3) is 0 Å². The number of nitrogens with one attached hydrogen (secondary N) is 1. The number of aromatic nitrogens is 3. The van der Waals surface area contributed by atoms with Gasteiger partial charge in [-0.3, -0.25) is 0 Å². The van der Waals surface area contributed by atoms with Crippen molar-refractivity contribution in [3.05, 3.63) is 5.82 Å². The minimum absolute atomic E-state index is 0.313. The van der Waals surface area contributed by atoms with Crippen LogP contribution in [0.1, 0.15) is 24.7 Å². The first-order valence-electron chi connectivity index (χ1n) is 4.17. The lowest BCUT2D eigenvalue weighted by Crippen LogP contribution is -2.14. The van der Waals surface area contributed by atoms with Gasteiger partial charge in [0.05, 0.1) is 6.04 Å². The molecule has 1 aliphatic rings. The average Bonchev–Trinajstić information content (AvgIpc) is 2.61. The SMILES string of the molecule is Cn1nc([C@H]2CCCN2)nc1N. The Bertz CT molecular complexity index is 254. The number of hydrogen-bond donors (Lipinski definition) is 2. The third kappa shape index (κ3) is 1.16. The maximum Gasteiger partial charge on any atom is 0.218 e. The van der Waals surface area contributed by atoms with Gasteiger partial charge in [-0.15, -0.1) is 0 Å². The molecule has 3 N–H and O–H groups in total. The molecule has 0 radical (unpaired) electrons. The minimum Gasteiger partial charge on any atom is -0.368 e. The van der Waals surface area contributed by atoms with E-state index >= 15 is 0 Å². The van der Waals surface area contributed by atoms with Crippen molar-refractivity contribution in [1.82, 2.24) is 20.1 Å². The highest BCUT2D eigenvalue weighted by atomic mass is 15.4. The summed E-state index contributed by atoms with van der Waals surface area (Å²) in [6.07, 6.45) is 2.31. The molecule has 0 amide bonds. The Balaban J connectivity index is 2.21. The number of nitrogens with two attached hydrogens (primary N) is 1. The third-order valence-electron chi connectivity index (χ3n) is 2.19. The molecular weight excluding hydrogens is 154 g/mol. The molecule has 2 rings (SSSR count). The van der Waals surface area contributed by atoms with Gasteiger partial charge in [0.15, 0.2) is 5.82 Å². The van der Waals surface area contributed by atoms with E-state index in [1.54, 1.807) is 11.7 Å². The first kappa shape index (κ1) is 7.54. The molecular formula is C7H13N5. The summed E-state index contributed by atoms with van der Waals surface area (Å²) in [4.78, 5) is 4.16. The van der Waals surface area contributed by atoms with Crippen LogP contribution in [-0.4, -0.2) is 21.3 Å². The van der Waals surface area contributed by atoms with E-state index in [2.05, 4.69) is 15.4 Å². The Hall–Kier alpha value is -1.10. The zero-order valence-corrected chi connectivity index (χ0v) is 7.12. The van der Waals surface area contributed by atoms with Crippen molar-refractivity contribution >= 4 is 5.95 Å². The molecule has 0 bridgehead atoms. The maximum atomic E-state index is 5.57. The van der Waals surface area contributed by atoms with Crippen molar-refractivity contribution in [2.45, 2.75) is 18.9 Å². The summed E-state index contributed by atoms with van der Waals surface area (Å²) in [5.41, 5.74) is 5.57. The van der Waals surface area contributed by atoms with Crippen molar-refractivity contribution in [1.29, 1.82) is 0 Å². The standard InChI is InChI=1S/C7H13N5/c1-12-7(8)10-6(11-12)5-3-2-4-9-5/h5,9H,2-4H2,1H3,(H2,8,10,11)/t5-/m1/s1. The Labute approximate surface area is 71.0 Å². The van der Waals surface area contributed by atoms with Crippen molar-refractivity contribution in [3.63, 3.8) is 0 Å². The number of aryl methyl sites for hydroxylation is 1. The second kappa shape index (κ2) is 2.75. The van der Waals surface area contributed by atoms with Crippen LogP contribution in [-0.2, 0) is 7.05 Å². The number of nitrogen functional groups attached to an aromatic ring is 1. The van der Waals surface area contributed by atoms with Crippen LogP contribution in [0.25, 0.3) is 0 Å². The molecule has 1 aromatic rings. The fourth-order valence-electron chi connectivity index (χ4n) is 1.47. The molecule has 0 spiro atoms. The van der Waals surface area contributed by atoms with Crippen LogP contribution in [0.3, 0.4) is 0 Å². The normalized spacial score (nSPS) is 23.2. The summed E-state index contributed by atoms with van der Waals surface area (Å²) in [5, 5.41) is 7.53. The molecule has 0 unspecified atom stereocenters. The predicted molar refractivity (Wildman–Crippen MR) is 45.4 cm³/mol. The quantitative estimate of drug-likeness (QED) is 0.609. The summed E-state index contributed by atoms with van der Waals surface area (Å²) in [5.74, 6) is 1.31. The van der Waals surface area contributed by atoms with Gasteiger partial charge in [-0.25, -0.2) is 4.68 Å². The van der Waals surface area contributed by atoms with Gasteiger partial charge < -0.3 is 11.1 Å². The van der Waals surface area contributed by atoms with Gasteiger partial charge in [-0.2, -0.15) is 10.1 Å². The summed E-state index contributed by atoms with van der Waals surface area (Å²) in [7, 11) is 1.81. The van der Waals surface area contributed by atoms with E-state index in [1.807, 2.05) is 0 Å². The maximum absolute atomic E-state index is 5.57. The van der Waals surface area contributed by atoms with Crippen LogP contribution in [0.4, 0.5) is 5.95 Å². The van der Waals surface area contributed by atoms with Crippen molar-refractivity contribution in [2.75, 3.05) is 12.3 Å². The molecule has 1 fully saturated rings. The fraction of sp³-hybridized carbons (Fsp3) is 0.714. The highest BCUT2D eigenvalue weighted by Gasteiger charge is 2.20. The molecule has 66 valence electrons. The van der Waals surface area contributed by atoms with E-state index < -0.39 is 0 Å². The molecule has 0 aromatic carbocycles. The summed E-state index contributed by atoms with van der Waals surface area (Å²) in [6, 6.07) is 0.313. The Kier molecular flexibility index (Phi) is 1.73. The van der Waals surface area contributed by atoms with Crippen molar-refractivity contribution in [3.8, 4) is 0 Å². The Morgan fingerprint density at radius 2 is 2.50 bits per heavy atom. The van der Waals surface area contributed by atoms with Crippen LogP contribution in [0.2, 0.25) is 0 Å². The molecule has 5 heteroatoms. The van der Waals surface area contributed by atoms with Gasteiger partial charge in [0.2, 0.25) is 5.95 Å². The molecule has 1 atom stereocenters. The molecule has 12 heavy (non-hydrogen) atoms. The number of nitrogens with zero attached hydrogens (tertiary/aromatic N) is 3. The zero-order valence-electron chi connectivity index (χ0n) is 7.12. The van der Waals surface area contributed by atoms with Crippen LogP contribution < -0.4 is 11.1 Å². The molecule has 5 nitrogen and oxygen atoms in total. The minimum atomic E-state index is 0.313. The van der Waals surface area contributed by atoms with E-state index in [1.165, 1.54) is 6.42 Å². The monoisotopic (exact) mass is 167 g/mol. The first-order valence-corrected chi connectivity index (χ1v) is 4.17. The van der Waals surface area contributed by atoms with Gasteiger partial charge in [0, 0.05) is 7.05 Å². The van der Waals surface area contributed by atoms with Gasteiger partial charge >= 0.3 is 0 Å². The summed E-state index contributed by atoms with van der Waals surface area (Å²) < 4.78 is 1.61. The molecule has 1 aliphatic heterocycles. The van der Waals surface area contributed by atoms with E-state index in [0.717, 1.165) is 18.8 Å². The number of anilines is 1. The predicted octanol–water partition coefficient (Wildman–Crippen LogP) is -0.178. The summed E-state index contributed by atoms with van der Waals surface area (Å²) >= 11 is 0. The molecule has 1 aromatic heterocycles. The van der Waals surface area contributed by atoms with Crippen LogP contribution >= 0.6 is 0 Å². The smallest absolute Gasteiger partial charge is 0.218 e. The van der Waals surface area contributed by atoms with Gasteiger partial charge in [0.1, 0.15) is 0 Å². The van der Waals surface area contributed by atoms with E-state index in [-0.39, 0.29) is 0 Å². The highest BCUT2D eigenvalue weighted by molar-refractivity contribution is 5.17. The second-order valence-corrected chi connectivity index (χ2v) is 3.10. The molecule has 1 saturated heterocycles. The van der Waals surface area contributed by atoms with E-state index in [4.69, 9.17) is 5.73 Å². The molecule has 0 aliphatic carbocycles. The highest BCUT2D eigenvalue weighted by Crippen LogP contribution is 2.19. The first-order chi connectivity index (χ1) is 5.77. The topological polar surface area (TPSA) is 68.8 Å². The lowest BCUT2D eigenvalue weighted by Gasteiger charge is -2.02. The van der Waals surface area contributed by atoms with Gasteiger partial charge in [-0.05, 0) is 19.4 Å². The van der Waals surface area contributed by atoms with Crippen LogP contribution in [0, 0.1) is 0 Å². The van der Waals surface area contributed by atoms with Crippen molar-refractivity contribution in [2.24, 2.45) is 7.05 Å².